The van der Waals surface area contributed by atoms with E-state index in [0.717, 1.165) is 18.4 Å². The molecule has 0 radical (unpaired) electrons. The summed E-state index contributed by atoms with van der Waals surface area (Å²) in [4.78, 5) is 0. The molecule has 1 aliphatic carbocycles. The van der Waals surface area contributed by atoms with Crippen LogP contribution in [0.25, 0.3) is 0 Å². The first kappa shape index (κ1) is 6.78. The number of hydrogen-bond donors (Lipinski definition) is 2. The second-order valence-electron chi connectivity index (χ2n) is 2.71. The molecule has 52 valence electrons. The molecule has 0 bridgehead atoms. The van der Waals surface area contributed by atoms with Crippen molar-refractivity contribution < 1.29 is 5.11 Å². The fourth-order valence-corrected chi connectivity index (χ4v) is 1.11. The molecule has 2 atom stereocenters. The zero-order valence-corrected chi connectivity index (χ0v) is 5.51. The second-order valence-corrected chi connectivity index (χ2v) is 2.71. The molecule has 0 amide bonds. The Morgan fingerprint density at radius 3 is 2.78 bits per heavy atom. The Labute approximate surface area is 55.4 Å². The number of aliphatic hydroxyl groups is 1. The van der Waals surface area contributed by atoms with Crippen LogP contribution >= 0.6 is 0 Å². The van der Waals surface area contributed by atoms with Crippen LogP contribution in [-0.2, 0) is 0 Å². The van der Waals surface area contributed by atoms with Gasteiger partial charge < -0.3 is 10.8 Å². The van der Waals surface area contributed by atoms with Crippen molar-refractivity contribution in [2.24, 2.45) is 5.73 Å². The maximum Gasteiger partial charge on any atom is 0.0762 e. The first-order chi connectivity index (χ1) is 4.20. The summed E-state index contributed by atoms with van der Waals surface area (Å²) in [6, 6.07) is 0.186. The first-order valence-electron chi connectivity index (χ1n) is 3.31. The van der Waals surface area contributed by atoms with Crippen molar-refractivity contribution in [2.45, 2.75) is 31.4 Å². The van der Waals surface area contributed by atoms with Gasteiger partial charge in [-0.2, -0.15) is 0 Å². The normalized spacial score (nSPS) is 36.9. The van der Waals surface area contributed by atoms with Gasteiger partial charge in [-0.15, -0.1) is 0 Å². The van der Waals surface area contributed by atoms with Gasteiger partial charge in [0.05, 0.1) is 6.10 Å². The van der Waals surface area contributed by atoms with Crippen LogP contribution in [0.3, 0.4) is 0 Å². The molecule has 2 unspecified atom stereocenters. The zero-order chi connectivity index (χ0) is 6.85. The summed E-state index contributed by atoms with van der Waals surface area (Å²) in [5, 5.41) is 9.17. The van der Waals surface area contributed by atoms with Gasteiger partial charge in [-0.1, -0.05) is 6.58 Å². The second kappa shape index (κ2) is 2.50. The van der Waals surface area contributed by atoms with Gasteiger partial charge in [-0.3, -0.25) is 0 Å². The Kier molecular flexibility index (Phi) is 1.88. The van der Waals surface area contributed by atoms with Gasteiger partial charge in [-0.25, -0.2) is 0 Å². The number of nitrogens with two attached hydrogens (primary N) is 1. The first-order valence-corrected chi connectivity index (χ1v) is 3.31. The van der Waals surface area contributed by atoms with Crippen LogP contribution in [0.1, 0.15) is 19.3 Å². The number of rotatable bonds is 0. The van der Waals surface area contributed by atoms with E-state index in [0.29, 0.717) is 6.42 Å². The number of aliphatic hydroxyl groups excluding tert-OH is 1. The molecule has 2 nitrogen and oxygen atoms in total. The van der Waals surface area contributed by atoms with Crippen LogP contribution in [0, 0.1) is 0 Å². The summed E-state index contributed by atoms with van der Waals surface area (Å²) >= 11 is 0. The van der Waals surface area contributed by atoms with Crippen molar-refractivity contribution in [1.82, 2.24) is 0 Å². The number of hydrogen-bond acceptors (Lipinski definition) is 2. The summed E-state index contributed by atoms with van der Waals surface area (Å²) in [7, 11) is 0. The maximum atomic E-state index is 9.17. The summed E-state index contributed by atoms with van der Waals surface area (Å²) < 4.78 is 0. The monoisotopic (exact) mass is 127 g/mol. The molecule has 1 aliphatic rings. The lowest BCUT2D eigenvalue weighted by atomic mass is 9.90. The minimum Gasteiger partial charge on any atom is -0.389 e. The van der Waals surface area contributed by atoms with Gasteiger partial charge in [0.2, 0.25) is 0 Å². The van der Waals surface area contributed by atoms with E-state index in [2.05, 4.69) is 6.58 Å². The fourth-order valence-electron chi connectivity index (χ4n) is 1.11. The lowest BCUT2D eigenvalue weighted by Crippen LogP contribution is -2.31. The average molecular weight is 127 g/mol. The molecular formula is C7H13NO. The molecule has 0 saturated heterocycles. The van der Waals surface area contributed by atoms with E-state index >= 15 is 0 Å². The molecule has 0 aromatic heterocycles. The standard InChI is InChI=1S/C7H13NO/c1-5-2-3-6(8)4-7(5)9/h6-7,9H,1-4,8H2. The predicted octanol–water partition coefficient (Wildman–Crippen LogP) is 0.415. The molecule has 1 rings (SSSR count). The summed E-state index contributed by atoms with van der Waals surface area (Å²) in [5.41, 5.74) is 6.53. The molecule has 0 aliphatic heterocycles. The highest BCUT2D eigenvalue weighted by molar-refractivity contribution is 5.06. The Bertz CT molecular complexity index is 122. The van der Waals surface area contributed by atoms with E-state index in [-0.39, 0.29) is 12.1 Å². The van der Waals surface area contributed by atoms with E-state index in [1.165, 1.54) is 0 Å². The lowest BCUT2D eigenvalue weighted by Gasteiger charge is -2.24. The van der Waals surface area contributed by atoms with Gasteiger partial charge in [-0.05, 0) is 24.8 Å². The molecule has 2 heteroatoms. The van der Waals surface area contributed by atoms with Crippen molar-refractivity contribution in [3.63, 3.8) is 0 Å². The highest BCUT2D eigenvalue weighted by atomic mass is 16.3. The predicted molar refractivity (Wildman–Crippen MR) is 37.0 cm³/mol. The van der Waals surface area contributed by atoms with Gasteiger partial charge in [0.25, 0.3) is 0 Å². The van der Waals surface area contributed by atoms with Crippen LogP contribution in [0.5, 0.6) is 0 Å². The highest BCUT2D eigenvalue weighted by Gasteiger charge is 2.19. The van der Waals surface area contributed by atoms with Crippen LogP contribution in [0.2, 0.25) is 0 Å². The minimum absolute atomic E-state index is 0.186. The summed E-state index contributed by atoms with van der Waals surface area (Å²) in [6.07, 6.45) is 2.23. The molecule has 0 aromatic rings. The van der Waals surface area contributed by atoms with Gasteiger partial charge in [0, 0.05) is 6.04 Å². The van der Waals surface area contributed by atoms with Crippen molar-refractivity contribution in [2.75, 3.05) is 0 Å². The van der Waals surface area contributed by atoms with Gasteiger partial charge in [0.15, 0.2) is 0 Å². The zero-order valence-electron chi connectivity index (χ0n) is 5.51. The fraction of sp³-hybridized carbons (Fsp3) is 0.714. The van der Waals surface area contributed by atoms with Crippen LogP contribution in [0.15, 0.2) is 12.2 Å². The van der Waals surface area contributed by atoms with E-state index in [1.807, 2.05) is 0 Å². The third-order valence-corrected chi connectivity index (χ3v) is 1.83. The van der Waals surface area contributed by atoms with Gasteiger partial charge in [0.1, 0.15) is 0 Å². The maximum absolute atomic E-state index is 9.17. The highest BCUT2D eigenvalue weighted by Crippen LogP contribution is 2.20. The van der Waals surface area contributed by atoms with Crippen molar-refractivity contribution in [3.05, 3.63) is 12.2 Å². The third kappa shape index (κ3) is 1.53. The average Bonchev–Trinajstić information content (AvgIpc) is 1.80. The molecule has 0 heterocycles. The van der Waals surface area contributed by atoms with Crippen LogP contribution in [-0.4, -0.2) is 17.3 Å². The molecular weight excluding hydrogens is 114 g/mol. The Balaban J connectivity index is 2.44. The van der Waals surface area contributed by atoms with Crippen molar-refractivity contribution in [3.8, 4) is 0 Å². The van der Waals surface area contributed by atoms with Crippen molar-refractivity contribution >= 4 is 0 Å². The quantitative estimate of drug-likeness (QED) is 0.463. The smallest absolute Gasteiger partial charge is 0.0762 e. The Hall–Kier alpha value is -0.340. The lowest BCUT2D eigenvalue weighted by molar-refractivity contribution is 0.169. The van der Waals surface area contributed by atoms with E-state index < -0.39 is 0 Å². The molecule has 1 saturated carbocycles. The Morgan fingerprint density at radius 2 is 2.33 bits per heavy atom. The third-order valence-electron chi connectivity index (χ3n) is 1.83. The summed E-state index contributed by atoms with van der Waals surface area (Å²) in [6.45, 7) is 3.72. The summed E-state index contributed by atoms with van der Waals surface area (Å²) in [5.74, 6) is 0. The van der Waals surface area contributed by atoms with Gasteiger partial charge >= 0.3 is 0 Å². The van der Waals surface area contributed by atoms with E-state index in [1.54, 1.807) is 0 Å². The van der Waals surface area contributed by atoms with E-state index in [9.17, 15) is 0 Å². The van der Waals surface area contributed by atoms with Crippen LogP contribution < -0.4 is 5.73 Å². The molecule has 1 fully saturated rings. The van der Waals surface area contributed by atoms with Crippen molar-refractivity contribution in [1.29, 1.82) is 0 Å². The minimum atomic E-state index is -0.339. The van der Waals surface area contributed by atoms with Crippen LogP contribution in [0.4, 0.5) is 0 Å². The largest absolute Gasteiger partial charge is 0.389 e. The Morgan fingerprint density at radius 1 is 1.67 bits per heavy atom. The van der Waals surface area contributed by atoms with E-state index in [4.69, 9.17) is 10.8 Å². The SMILES string of the molecule is C=C1CCC(N)CC1O. The molecule has 0 spiro atoms. The molecule has 9 heavy (non-hydrogen) atoms. The topological polar surface area (TPSA) is 46.2 Å². The molecule has 3 N–H and O–H groups in total. The molecule has 0 aromatic carbocycles.